The molecule has 0 saturated carbocycles. The van der Waals surface area contributed by atoms with Crippen LogP contribution < -0.4 is 5.32 Å². The molecular weight excluding hydrogens is 274 g/mol. The van der Waals surface area contributed by atoms with Crippen LogP contribution in [-0.4, -0.2) is 22.0 Å². The summed E-state index contributed by atoms with van der Waals surface area (Å²) in [5.74, 6) is 0. The van der Waals surface area contributed by atoms with Gasteiger partial charge >= 0.3 is 0 Å². The van der Waals surface area contributed by atoms with E-state index in [0.717, 1.165) is 17.3 Å². The Hall–Kier alpha value is -0.910. The zero-order valence-electron chi connectivity index (χ0n) is 11.2. The van der Waals surface area contributed by atoms with E-state index in [1.54, 1.807) is 28.6 Å². The molecule has 2 unspecified atom stereocenters. The van der Waals surface area contributed by atoms with Crippen molar-refractivity contribution in [1.29, 1.82) is 0 Å². The summed E-state index contributed by atoms with van der Waals surface area (Å²) in [4.78, 5) is 0. The lowest BCUT2D eigenvalue weighted by atomic mass is 10.0. The van der Waals surface area contributed by atoms with Crippen molar-refractivity contribution < 1.29 is 0 Å². The number of nitrogens with zero attached hydrogens (tertiary/aromatic N) is 2. The maximum atomic E-state index is 4.12. The van der Waals surface area contributed by atoms with Crippen molar-refractivity contribution in [3.8, 4) is 0 Å². The Morgan fingerprint density at radius 1 is 1.32 bits per heavy atom. The van der Waals surface area contributed by atoms with E-state index in [9.17, 15) is 0 Å². The van der Waals surface area contributed by atoms with E-state index >= 15 is 0 Å². The van der Waals surface area contributed by atoms with Gasteiger partial charge in [-0.2, -0.15) is 0 Å². The van der Waals surface area contributed by atoms with Gasteiger partial charge < -0.3 is 5.32 Å². The summed E-state index contributed by atoms with van der Waals surface area (Å²) in [6.07, 6.45) is 1.14. The van der Waals surface area contributed by atoms with Gasteiger partial charge in [0.2, 0.25) is 0 Å². The van der Waals surface area contributed by atoms with Gasteiger partial charge in [0.15, 0.2) is 4.34 Å². The molecule has 2 aromatic rings. The summed E-state index contributed by atoms with van der Waals surface area (Å²) in [6, 6.07) is 11.0. The van der Waals surface area contributed by atoms with Crippen LogP contribution in [-0.2, 0) is 0 Å². The Balaban J connectivity index is 2.08. The predicted octanol–water partition coefficient (Wildman–Crippen LogP) is 3.76. The number of nitrogens with one attached hydrogen (secondary N) is 1. The minimum absolute atomic E-state index is 0.343. The van der Waals surface area contributed by atoms with Gasteiger partial charge in [0.05, 0.1) is 0 Å². The maximum Gasteiger partial charge on any atom is 0.174 e. The summed E-state index contributed by atoms with van der Waals surface area (Å²) in [7, 11) is 0. The lowest BCUT2D eigenvalue weighted by molar-refractivity contribution is 0.528. The molecule has 2 rings (SSSR count). The smallest absolute Gasteiger partial charge is 0.174 e. The van der Waals surface area contributed by atoms with E-state index < -0.39 is 0 Å². The van der Waals surface area contributed by atoms with Crippen LogP contribution in [0.25, 0.3) is 0 Å². The van der Waals surface area contributed by atoms with Crippen LogP contribution in [0.3, 0.4) is 0 Å². The number of rotatable bonds is 7. The first-order valence-electron chi connectivity index (χ1n) is 6.52. The zero-order chi connectivity index (χ0) is 13.5. The highest BCUT2D eigenvalue weighted by atomic mass is 32.2. The van der Waals surface area contributed by atoms with Crippen molar-refractivity contribution in [3.63, 3.8) is 0 Å². The molecule has 2 atom stereocenters. The Morgan fingerprint density at radius 3 is 2.74 bits per heavy atom. The SMILES string of the molecule is CCCNC(c1ccccc1)C(C)Sc1nncs1. The van der Waals surface area contributed by atoms with Gasteiger partial charge in [-0.1, -0.05) is 67.3 Å². The standard InChI is InChI=1S/C14H19N3S2/c1-3-9-15-13(12-7-5-4-6-8-12)11(2)19-14-17-16-10-18-14/h4-8,10-11,13,15H,3,9H2,1-2H3. The van der Waals surface area contributed by atoms with Crippen LogP contribution >= 0.6 is 23.1 Å². The maximum absolute atomic E-state index is 4.12. The predicted molar refractivity (Wildman–Crippen MR) is 82.7 cm³/mol. The zero-order valence-corrected chi connectivity index (χ0v) is 12.9. The topological polar surface area (TPSA) is 37.8 Å². The largest absolute Gasteiger partial charge is 0.309 e. The molecule has 5 heteroatoms. The molecule has 0 aliphatic heterocycles. The van der Waals surface area contributed by atoms with Gasteiger partial charge in [0.1, 0.15) is 5.51 Å². The van der Waals surface area contributed by atoms with Gasteiger partial charge in [-0.25, -0.2) is 0 Å². The average Bonchev–Trinajstić information content (AvgIpc) is 2.93. The van der Waals surface area contributed by atoms with Gasteiger partial charge in [-0.15, -0.1) is 10.2 Å². The van der Waals surface area contributed by atoms with Gasteiger partial charge in [-0.05, 0) is 18.5 Å². The highest BCUT2D eigenvalue weighted by Gasteiger charge is 2.20. The molecule has 3 nitrogen and oxygen atoms in total. The fraction of sp³-hybridized carbons (Fsp3) is 0.429. The fourth-order valence-corrected chi connectivity index (χ4v) is 3.84. The molecule has 0 aliphatic carbocycles. The molecule has 0 radical (unpaired) electrons. The van der Waals surface area contributed by atoms with Crippen LogP contribution in [0, 0.1) is 0 Å². The molecule has 0 bridgehead atoms. The molecule has 1 aromatic carbocycles. The Morgan fingerprint density at radius 2 is 2.11 bits per heavy atom. The molecule has 1 heterocycles. The van der Waals surface area contributed by atoms with E-state index in [2.05, 4.69) is 59.7 Å². The van der Waals surface area contributed by atoms with Crippen molar-refractivity contribution in [1.82, 2.24) is 15.5 Å². The van der Waals surface area contributed by atoms with E-state index in [4.69, 9.17) is 0 Å². The van der Waals surface area contributed by atoms with Crippen LogP contribution in [0.4, 0.5) is 0 Å². The molecular formula is C14H19N3S2. The number of aromatic nitrogens is 2. The molecule has 19 heavy (non-hydrogen) atoms. The second-order valence-electron chi connectivity index (χ2n) is 4.37. The third-order valence-corrected chi connectivity index (χ3v) is 4.86. The van der Waals surface area contributed by atoms with Crippen LogP contribution in [0.15, 0.2) is 40.2 Å². The number of thioether (sulfide) groups is 1. The minimum atomic E-state index is 0.343. The number of hydrogen-bond acceptors (Lipinski definition) is 5. The molecule has 0 amide bonds. The van der Waals surface area contributed by atoms with E-state index in [1.807, 2.05) is 0 Å². The monoisotopic (exact) mass is 293 g/mol. The fourth-order valence-electron chi connectivity index (χ4n) is 1.96. The van der Waals surface area contributed by atoms with Crippen molar-refractivity contribution in [2.45, 2.75) is 35.9 Å². The third kappa shape index (κ3) is 4.30. The first-order valence-corrected chi connectivity index (χ1v) is 8.28. The molecule has 0 aliphatic rings. The van der Waals surface area contributed by atoms with Gasteiger partial charge in [0, 0.05) is 11.3 Å². The second kappa shape index (κ2) is 7.62. The van der Waals surface area contributed by atoms with Gasteiger partial charge in [-0.3, -0.25) is 0 Å². The summed E-state index contributed by atoms with van der Waals surface area (Å²) >= 11 is 3.39. The summed E-state index contributed by atoms with van der Waals surface area (Å²) in [6.45, 7) is 5.46. The van der Waals surface area contributed by atoms with Crippen LogP contribution in [0.2, 0.25) is 0 Å². The first-order chi connectivity index (χ1) is 9.31. The molecule has 1 N–H and O–H groups in total. The lowest BCUT2D eigenvalue weighted by Crippen LogP contribution is -2.29. The first kappa shape index (κ1) is 14.5. The van der Waals surface area contributed by atoms with Crippen molar-refractivity contribution in [2.75, 3.05) is 6.54 Å². The van der Waals surface area contributed by atoms with Crippen molar-refractivity contribution in [3.05, 3.63) is 41.4 Å². The minimum Gasteiger partial charge on any atom is -0.309 e. The molecule has 1 aromatic heterocycles. The highest BCUT2D eigenvalue weighted by molar-refractivity contribution is 8.01. The van der Waals surface area contributed by atoms with E-state index in [-0.39, 0.29) is 0 Å². The van der Waals surface area contributed by atoms with Crippen LogP contribution in [0.5, 0.6) is 0 Å². The molecule has 102 valence electrons. The Labute approximate surface area is 122 Å². The molecule has 0 fully saturated rings. The Bertz CT molecular complexity index is 459. The molecule has 0 spiro atoms. The van der Waals surface area contributed by atoms with Gasteiger partial charge in [0.25, 0.3) is 0 Å². The third-order valence-electron chi connectivity index (χ3n) is 2.87. The van der Waals surface area contributed by atoms with Crippen molar-refractivity contribution >= 4 is 23.1 Å². The lowest BCUT2D eigenvalue weighted by Gasteiger charge is -2.24. The Kier molecular flexibility index (Phi) is 5.82. The molecule has 0 saturated heterocycles. The highest BCUT2D eigenvalue weighted by Crippen LogP contribution is 2.32. The normalized spacial score (nSPS) is 14.2. The average molecular weight is 293 g/mol. The van der Waals surface area contributed by atoms with E-state index in [1.165, 1.54) is 5.56 Å². The summed E-state index contributed by atoms with van der Waals surface area (Å²) < 4.78 is 1.03. The van der Waals surface area contributed by atoms with Crippen molar-refractivity contribution in [2.24, 2.45) is 0 Å². The number of hydrogen-bond donors (Lipinski definition) is 1. The quantitative estimate of drug-likeness (QED) is 0.789. The summed E-state index contributed by atoms with van der Waals surface area (Å²) in [5, 5.41) is 12.1. The second-order valence-corrected chi connectivity index (χ2v) is 6.83. The summed E-state index contributed by atoms with van der Waals surface area (Å²) in [5.41, 5.74) is 3.12. The van der Waals surface area contributed by atoms with Crippen LogP contribution in [0.1, 0.15) is 31.9 Å². The van der Waals surface area contributed by atoms with E-state index in [0.29, 0.717) is 11.3 Å². The number of benzene rings is 1.